The molecule has 2 N–H and O–H groups in total. The van der Waals surface area contributed by atoms with E-state index in [0.717, 1.165) is 0 Å². The molecule has 0 aromatic carbocycles. The number of rotatable bonds is 4. The Morgan fingerprint density at radius 3 is 2.95 bits per heavy atom. The van der Waals surface area contributed by atoms with E-state index >= 15 is 0 Å². The van der Waals surface area contributed by atoms with E-state index in [4.69, 9.17) is 0 Å². The standard InChI is InChI=1S/C12H14N6O3S/c19-12(8-1-4-22(20,21)7-8)15-6-10-16-11(18-17-10)9-5-13-2-3-14-9/h2-3,5,8H,1,4,6-7H2,(H,15,19)(H,16,17,18). The van der Waals surface area contributed by atoms with Crippen molar-refractivity contribution in [1.29, 1.82) is 0 Å². The van der Waals surface area contributed by atoms with E-state index in [1.54, 1.807) is 6.20 Å². The van der Waals surface area contributed by atoms with Crippen LogP contribution in [0.15, 0.2) is 18.6 Å². The van der Waals surface area contributed by atoms with Crippen LogP contribution in [0.3, 0.4) is 0 Å². The number of aromatic amines is 1. The van der Waals surface area contributed by atoms with Crippen LogP contribution in [0.5, 0.6) is 0 Å². The van der Waals surface area contributed by atoms with E-state index < -0.39 is 15.8 Å². The molecule has 0 radical (unpaired) electrons. The van der Waals surface area contributed by atoms with Gasteiger partial charge < -0.3 is 5.32 Å². The maximum atomic E-state index is 11.9. The van der Waals surface area contributed by atoms with Gasteiger partial charge in [-0.15, -0.1) is 0 Å². The number of amides is 1. The van der Waals surface area contributed by atoms with Crippen LogP contribution < -0.4 is 5.32 Å². The Balaban J connectivity index is 1.59. The number of hydrogen-bond donors (Lipinski definition) is 2. The summed E-state index contributed by atoms with van der Waals surface area (Å²) < 4.78 is 22.7. The molecule has 10 heteroatoms. The van der Waals surface area contributed by atoms with Crippen LogP contribution in [0.25, 0.3) is 11.5 Å². The molecular weight excluding hydrogens is 308 g/mol. The number of aromatic nitrogens is 5. The molecule has 2 aromatic rings. The molecule has 1 aliphatic heterocycles. The second-order valence-electron chi connectivity index (χ2n) is 5.01. The Hall–Kier alpha value is -2.36. The number of hydrogen-bond acceptors (Lipinski definition) is 7. The third kappa shape index (κ3) is 3.27. The van der Waals surface area contributed by atoms with Gasteiger partial charge in [-0.25, -0.2) is 18.4 Å². The molecule has 3 rings (SSSR count). The predicted molar refractivity (Wildman–Crippen MR) is 76.0 cm³/mol. The summed E-state index contributed by atoms with van der Waals surface area (Å²) in [5.41, 5.74) is 0.526. The summed E-state index contributed by atoms with van der Waals surface area (Å²) in [4.78, 5) is 24.1. The van der Waals surface area contributed by atoms with Crippen molar-refractivity contribution in [2.45, 2.75) is 13.0 Å². The van der Waals surface area contributed by atoms with Crippen LogP contribution in [-0.2, 0) is 21.2 Å². The maximum absolute atomic E-state index is 11.9. The van der Waals surface area contributed by atoms with Gasteiger partial charge >= 0.3 is 0 Å². The van der Waals surface area contributed by atoms with Crippen molar-refractivity contribution in [1.82, 2.24) is 30.5 Å². The SMILES string of the molecule is O=C(NCc1nc(-c2cnccn2)n[nH]1)C1CCS(=O)(=O)C1. The Labute approximate surface area is 126 Å². The zero-order chi connectivity index (χ0) is 15.6. The van der Waals surface area contributed by atoms with Gasteiger partial charge in [-0.3, -0.25) is 14.9 Å². The lowest BCUT2D eigenvalue weighted by Gasteiger charge is -2.07. The fourth-order valence-electron chi connectivity index (χ4n) is 2.22. The minimum absolute atomic E-state index is 0.0736. The van der Waals surface area contributed by atoms with E-state index in [0.29, 0.717) is 23.8 Å². The van der Waals surface area contributed by atoms with E-state index in [1.165, 1.54) is 12.4 Å². The van der Waals surface area contributed by atoms with E-state index in [2.05, 4.69) is 30.5 Å². The first kappa shape index (κ1) is 14.6. The van der Waals surface area contributed by atoms with Crippen molar-refractivity contribution < 1.29 is 13.2 Å². The number of sulfone groups is 1. The molecule has 0 bridgehead atoms. The van der Waals surface area contributed by atoms with Crippen molar-refractivity contribution in [2.24, 2.45) is 5.92 Å². The second-order valence-corrected chi connectivity index (χ2v) is 7.24. The smallest absolute Gasteiger partial charge is 0.224 e. The van der Waals surface area contributed by atoms with Gasteiger partial charge in [-0.2, -0.15) is 5.10 Å². The van der Waals surface area contributed by atoms with E-state index in [9.17, 15) is 13.2 Å². The summed E-state index contributed by atoms with van der Waals surface area (Å²) in [6.07, 6.45) is 4.99. The normalized spacial score (nSPS) is 19.9. The molecule has 3 heterocycles. The molecule has 0 saturated carbocycles. The molecule has 116 valence electrons. The van der Waals surface area contributed by atoms with Gasteiger partial charge in [0.05, 0.1) is 30.2 Å². The van der Waals surface area contributed by atoms with Gasteiger partial charge in [0, 0.05) is 12.4 Å². The highest BCUT2D eigenvalue weighted by atomic mass is 32.2. The summed E-state index contributed by atoms with van der Waals surface area (Å²) >= 11 is 0. The number of carbonyl (C=O) groups is 1. The number of carbonyl (C=O) groups excluding carboxylic acids is 1. The molecule has 1 unspecified atom stereocenters. The van der Waals surface area contributed by atoms with Crippen molar-refractivity contribution in [3.05, 3.63) is 24.4 Å². The van der Waals surface area contributed by atoms with E-state index in [-0.39, 0.29) is 24.0 Å². The topological polar surface area (TPSA) is 131 Å². The summed E-state index contributed by atoms with van der Waals surface area (Å²) in [5.74, 6) is 0.0891. The fourth-order valence-corrected chi connectivity index (χ4v) is 3.96. The van der Waals surface area contributed by atoms with Gasteiger partial charge in [-0.1, -0.05) is 0 Å². The third-order valence-electron chi connectivity index (χ3n) is 3.36. The van der Waals surface area contributed by atoms with Gasteiger partial charge in [-0.05, 0) is 6.42 Å². The number of nitrogens with zero attached hydrogens (tertiary/aromatic N) is 4. The Morgan fingerprint density at radius 1 is 1.41 bits per heavy atom. The average molecular weight is 322 g/mol. The first-order chi connectivity index (χ1) is 10.5. The molecule has 1 amide bonds. The highest BCUT2D eigenvalue weighted by Gasteiger charge is 2.32. The predicted octanol–water partition coefficient (Wildman–Crippen LogP) is -0.687. The third-order valence-corrected chi connectivity index (χ3v) is 5.13. The van der Waals surface area contributed by atoms with Crippen LogP contribution in [0.1, 0.15) is 12.2 Å². The molecule has 2 aromatic heterocycles. The minimum Gasteiger partial charge on any atom is -0.349 e. The highest BCUT2D eigenvalue weighted by molar-refractivity contribution is 7.91. The monoisotopic (exact) mass is 322 g/mol. The lowest BCUT2D eigenvalue weighted by atomic mass is 10.1. The molecule has 9 nitrogen and oxygen atoms in total. The quantitative estimate of drug-likeness (QED) is 0.762. The van der Waals surface area contributed by atoms with Crippen LogP contribution >= 0.6 is 0 Å². The first-order valence-electron chi connectivity index (χ1n) is 6.69. The fraction of sp³-hybridized carbons (Fsp3) is 0.417. The molecule has 1 atom stereocenters. The van der Waals surface area contributed by atoms with Crippen LogP contribution in [0.4, 0.5) is 0 Å². The molecule has 1 fully saturated rings. The summed E-state index contributed by atoms with van der Waals surface area (Å²) in [6.45, 7) is 0.155. The van der Waals surface area contributed by atoms with Crippen LogP contribution in [-0.4, -0.2) is 51.0 Å². The molecular formula is C12H14N6O3S. The summed E-state index contributed by atoms with van der Waals surface area (Å²) in [7, 11) is -3.07. The van der Waals surface area contributed by atoms with Crippen molar-refractivity contribution in [3.8, 4) is 11.5 Å². The van der Waals surface area contributed by atoms with Gasteiger partial charge in [0.15, 0.2) is 9.84 Å². The summed E-state index contributed by atoms with van der Waals surface area (Å²) in [6, 6.07) is 0. The second kappa shape index (κ2) is 5.79. The Kier molecular flexibility index (Phi) is 3.84. The number of nitrogens with one attached hydrogen (secondary N) is 2. The number of H-pyrrole nitrogens is 1. The van der Waals surface area contributed by atoms with Crippen molar-refractivity contribution in [2.75, 3.05) is 11.5 Å². The molecule has 22 heavy (non-hydrogen) atoms. The average Bonchev–Trinajstić information content (AvgIpc) is 3.12. The molecule has 0 spiro atoms. The minimum atomic E-state index is -3.07. The zero-order valence-corrected chi connectivity index (χ0v) is 12.4. The van der Waals surface area contributed by atoms with Gasteiger partial charge in [0.2, 0.25) is 11.7 Å². The largest absolute Gasteiger partial charge is 0.349 e. The van der Waals surface area contributed by atoms with E-state index in [1.807, 2.05) is 0 Å². The van der Waals surface area contributed by atoms with Gasteiger partial charge in [0.25, 0.3) is 0 Å². The van der Waals surface area contributed by atoms with Crippen molar-refractivity contribution in [3.63, 3.8) is 0 Å². The van der Waals surface area contributed by atoms with Crippen LogP contribution in [0, 0.1) is 5.92 Å². The lowest BCUT2D eigenvalue weighted by Crippen LogP contribution is -2.31. The van der Waals surface area contributed by atoms with Gasteiger partial charge in [0.1, 0.15) is 11.5 Å². The van der Waals surface area contributed by atoms with Crippen LogP contribution in [0.2, 0.25) is 0 Å². The molecule has 1 saturated heterocycles. The first-order valence-corrected chi connectivity index (χ1v) is 8.51. The Bertz CT molecular complexity index is 773. The highest BCUT2D eigenvalue weighted by Crippen LogP contribution is 2.18. The van der Waals surface area contributed by atoms with Crippen molar-refractivity contribution >= 4 is 15.7 Å². The maximum Gasteiger partial charge on any atom is 0.224 e. The molecule has 1 aliphatic rings. The Morgan fingerprint density at radius 2 is 2.27 bits per heavy atom. The summed E-state index contributed by atoms with van der Waals surface area (Å²) in [5, 5.41) is 9.37. The lowest BCUT2D eigenvalue weighted by molar-refractivity contribution is -0.124. The zero-order valence-electron chi connectivity index (χ0n) is 11.6. The molecule has 0 aliphatic carbocycles.